The van der Waals surface area contributed by atoms with Gasteiger partial charge in [-0.25, -0.2) is 0 Å². The van der Waals surface area contributed by atoms with Crippen molar-refractivity contribution in [1.29, 1.82) is 0 Å². The number of benzene rings is 1. The molecule has 114 valence electrons. The number of halogens is 3. The zero-order valence-electron chi connectivity index (χ0n) is 11.7. The number of hydrogen-bond acceptors (Lipinski definition) is 3. The van der Waals surface area contributed by atoms with E-state index in [0.717, 1.165) is 0 Å². The number of aliphatic hydroxyl groups is 1. The summed E-state index contributed by atoms with van der Waals surface area (Å²) >= 11 is 0. The van der Waals surface area contributed by atoms with Gasteiger partial charge in [-0.05, 0) is 44.4 Å². The Morgan fingerprint density at radius 3 is 2.45 bits per heavy atom. The molecule has 0 aliphatic heterocycles. The molecule has 0 amide bonds. The molecule has 0 saturated heterocycles. The highest BCUT2D eigenvalue weighted by Gasteiger charge is 2.31. The summed E-state index contributed by atoms with van der Waals surface area (Å²) in [5, 5.41) is 10.0. The smallest absolute Gasteiger partial charge is 0.406 e. The molecule has 0 spiro atoms. The molecule has 3 nitrogen and oxygen atoms in total. The molecule has 1 N–H and O–H groups in total. The first-order chi connectivity index (χ1) is 9.13. The fourth-order valence-corrected chi connectivity index (χ4v) is 1.67. The molecule has 0 aromatic heterocycles. The summed E-state index contributed by atoms with van der Waals surface area (Å²) in [6.45, 7) is 3.76. The van der Waals surface area contributed by atoms with Crippen LogP contribution in [-0.4, -0.2) is 24.2 Å². The lowest BCUT2D eigenvalue weighted by atomic mass is 9.96. The van der Waals surface area contributed by atoms with E-state index in [0.29, 0.717) is 18.4 Å². The van der Waals surface area contributed by atoms with Crippen LogP contribution in [0.1, 0.15) is 38.4 Å². The van der Waals surface area contributed by atoms with Crippen molar-refractivity contribution in [2.45, 2.75) is 44.8 Å². The first kappa shape index (κ1) is 16.8. The topological polar surface area (TPSA) is 38.7 Å². The van der Waals surface area contributed by atoms with Crippen molar-refractivity contribution in [3.05, 3.63) is 29.8 Å². The van der Waals surface area contributed by atoms with Crippen molar-refractivity contribution in [2.24, 2.45) is 0 Å². The van der Waals surface area contributed by atoms with Crippen LogP contribution in [0.15, 0.2) is 24.3 Å². The molecule has 1 aromatic rings. The van der Waals surface area contributed by atoms with Gasteiger partial charge in [0.25, 0.3) is 0 Å². The average Bonchev–Trinajstić information content (AvgIpc) is 2.34. The summed E-state index contributed by atoms with van der Waals surface area (Å²) in [6.07, 6.45) is -4.63. The molecule has 1 unspecified atom stereocenters. The Hall–Kier alpha value is -1.27. The van der Waals surface area contributed by atoms with Crippen LogP contribution < -0.4 is 4.74 Å². The second-order valence-corrected chi connectivity index (χ2v) is 5.14. The Morgan fingerprint density at radius 2 is 1.90 bits per heavy atom. The molecule has 1 rings (SSSR count). The minimum Gasteiger partial charge on any atom is -0.406 e. The summed E-state index contributed by atoms with van der Waals surface area (Å²) in [7, 11) is 1.57. The highest BCUT2D eigenvalue weighted by atomic mass is 19.4. The molecule has 0 aliphatic rings. The molecule has 6 heteroatoms. The Kier molecular flexibility index (Phi) is 5.42. The molecule has 0 bridgehead atoms. The van der Waals surface area contributed by atoms with Crippen LogP contribution in [0.2, 0.25) is 0 Å². The summed E-state index contributed by atoms with van der Waals surface area (Å²) in [5.74, 6) is -0.333. The third kappa shape index (κ3) is 5.79. The quantitative estimate of drug-likeness (QED) is 0.866. The van der Waals surface area contributed by atoms with E-state index in [4.69, 9.17) is 4.74 Å². The number of aliphatic hydroxyl groups excluding tert-OH is 1. The second-order valence-electron chi connectivity index (χ2n) is 5.14. The Labute approximate surface area is 116 Å². The van der Waals surface area contributed by atoms with Gasteiger partial charge in [-0.3, -0.25) is 0 Å². The van der Waals surface area contributed by atoms with Crippen molar-refractivity contribution in [1.82, 2.24) is 0 Å². The van der Waals surface area contributed by atoms with E-state index >= 15 is 0 Å². The third-order valence-corrected chi connectivity index (χ3v) is 3.05. The molecule has 0 radical (unpaired) electrons. The highest BCUT2D eigenvalue weighted by Crippen LogP contribution is 2.28. The van der Waals surface area contributed by atoms with Crippen molar-refractivity contribution < 1.29 is 27.8 Å². The zero-order valence-corrected chi connectivity index (χ0v) is 11.7. The molecule has 0 aliphatic carbocycles. The minimum atomic E-state index is -4.73. The zero-order chi connectivity index (χ0) is 15.4. The first-order valence-corrected chi connectivity index (χ1v) is 6.22. The van der Waals surface area contributed by atoms with Gasteiger partial charge < -0.3 is 14.6 Å². The predicted molar refractivity (Wildman–Crippen MR) is 68.4 cm³/mol. The number of ether oxygens (including phenoxy) is 2. The van der Waals surface area contributed by atoms with Crippen LogP contribution in [0.4, 0.5) is 13.2 Å². The van der Waals surface area contributed by atoms with Gasteiger partial charge in [0, 0.05) is 7.11 Å². The Bertz CT molecular complexity index is 430. The van der Waals surface area contributed by atoms with E-state index in [2.05, 4.69) is 4.74 Å². The van der Waals surface area contributed by atoms with Crippen LogP contribution in [0, 0.1) is 0 Å². The summed E-state index contributed by atoms with van der Waals surface area (Å²) in [6, 6.07) is 5.37. The standard InChI is InChI=1S/C14H19F3O3/c1-13(2,19-3)8-7-12(18)10-5-4-6-11(9-10)20-14(15,16)17/h4-6,9,12,18H,7-8H2,1-3H3. The first-order valence-electron chi connectivity index (χ1n) is 6.22. The fraction of sp³-hybridized carbons (Fsp3) is 0.571. The molecule has 0 heterocycles. The van der Waals surface area contributed by atoms with Crippen LogP contribution in [-0.2, 0) is 4.74 Å². The summed E-state index contributed by atoms with van der Waals surface area (Å²) < 4.78 is 45.4. The van der Waals surface area contributed by atoms with Gasteiger partial charge in [-0.15, -0.1) is 13.2 Å². The Morgan fingerprint density at radius 1 is 1.25 bits per heavy atom. The van der Waals surface area contributed by atoms with Gasteiger partial charge in [-0.1, -0.05) is 12.1 Å². The second kappa shape index (κ2) is 6.45. The maximum Gasteiger partial charge on any atom is 0.573 e. The SMILES string of the molecule is COC(C)(C)CCC(O)c1cccc(OC(F)(F)F)c1. The molecule has 20 heavy (non-hydrogen) atoms. The monoisotopic (exact) mass is 292 g/mol. The summed E-state index contributed by atoms with van der Waals surface area (Å²) in [5.41, 5.74) is -0.000196. The molecular weight excluding hydrogens is 273 g/mol. The van der Waals surface area contributed by atoms with Crippen molar-refractivity contribution in [3.63, 3.8) is 0 Å². The fourth-order valence-electron chi connectivity index (χ4n) is 1.67. The largest absolute Gasteiger partial charge is 0.573 e. The van der Waals surface area contributed by atoms with E-state index in [1.54, 1.807) is 13.2 Å². The predicted octanol–water partition coefficient (Wildman–Crippen LogP) is 3.82. The number of alkyl halides is 3. The number of hydrogen-bond donors (Lipinski definition) is 1. The van der Waals surface area contributed by atoms with Crippen molar-refractivity contribution in [2.75, 3.05) is 7.11 Å². The highest BCUT2D eigenvalue weighted by molar-refractivity contribution is 5.30. The van der Waals surface area contributed by atoms with Crippen LogP contribution in [0.3, 0.4) is 0 Å². The molecule has 0 saturated carbocycles. The lowest BCUT2D eigenvalue weighted by molar-refractivity contribution is -0.274. The third-order valence-electron chi connectivity index (χ3n) is 3.05. The lowest BCUT2D eigenvalue weighted by Gasteiger charge is -2.24. The van der Waals surface area contributed by atoms with Gasteiger partial charge >= 0.3 is 6.36 Å². The molecule has 1 atom stereocenters. The minimum absolute atomic E-state index is 0.333. The van der Waals surface area contributed by atoms with Crippen LogP contribution >= 0.6 is 0 Å². The molecule has 0 fully saturated rings. The van der Waals surface area contributed by atoms with E-state index in [1.165, 1.54) is 18.2 Å². The normalized spacial score (nSPS) is 14.2. The molecular formula is C14H19F3O3. The summed E-state index contributed by atoms with van der Waals surface area (Å²) in [4.78, 5) is 0. The van der Waals surface area contributed by atoms with Crippen molar-refractivity contribution >= 4 is 0 Å². The van der Waals surface area contributed by atoms with Crippen LogP contribution in [0.25, 0.3) is 0 Å². The van der Waals surface area contributed by atoms with Crippen molar-refractivity contribution in [3.8, 4) is 5.75 Å². The van der Waals surface area contributed by atoms with E-state index in [9.17, 15) is 18.3 Å². The lowest BCUT2D eigenvalue weighted by Crippen LogP contribution is -2.23. The molecule has 1 aromatic carbocycles. The van der Waals surface area contributed by atoms with Gasteiger partial charge in [0.15, 0.2) is 0 Å². The Balaban J connectivity index is 2.69. The maximum atomic E-state index is 12.1. The van der Waals surface area contributed by atoms with Gasteiger partial charge in [0.2, 0.25) is 0 Å². The van der Waals surface area contributed by atoms with Crippen LogP contribution in [0.5, 0.6) is 5.75 Å². The van der Waals surface area contributed by atoms with E-state index in [-0.39, 0.29) is 11.4 Å². The van der Waals surface area contributed by atoms with E-state index in [1.807, 2.05) is 13.8 Å². The van der Waals surface area contributed by atoms with Gasteiger partial charge in [0.1, 0.15) is 5.75 Å². The maximum absolute atomic E-state index is 12.1. The van der Waals surface area contributed by atoms with Gasteiger partial charge in [-0.2, -0.15) is 0 Å². The average molecular weight is 292 g/mol. The number of rotatable bonds is 6. The van der Waals surface area contributed by atoms with E-state index < -0.39 is 12.5 Å². The van der Waals surface area contributed by atoms with Gasteiger partial charge in [0.05, 0.1) is 11.7 Å². The number of methoxy groups -OCH3 is 1.